The summed E-state index contributed by atoms with van der Waals surface area (Å²) in [5.41, 5.74) is 0.129. The highest BCUT2D eigenvalue weighted by molar-refractivity contribution is 9.24. The summed E-state index contributed by atoms with van der Waals surface area (Å²) in [6.07, 6.45) is 0.237. The largest absolute Gasteiger partial charge is 0.506 e. The van der Waals surface area contributed by atoms with E-state index in [2.05, 4.69) is 38.8 Å². The van der Waals surface area contributed by atoms with Crippen molar-refractivity contribution in [1.29, 1.82) is 0 Å². The van der Waals surface area contributed by atoms with Crippen molar-refractivity contribution < 1.29 is 13.3 Å². The molecule has 0 saturated carbocycles. The Kier molecular flexibility index (Phi) is 8.86. The van der Waals surface area contributed by atoms with Crippen LogP contribution in [0.1, 0.15) is 48.5 Å². The van der Waals surface area contributed by atoms with Crippen LogP contribution in [0, 0.1) is 0 Å². The quantitative estimate of drug-likeness (QED) is 0.432. The SMILES string of the molecule is CC(C)O[Si](OC(C)C)(OC(C)C)C(C)C(Br)Br. The van der Waals surface area contributed by atoms with Crippen LogP contribution in [-0.4, -0.2) is 30.9 Å². The molecule has 1 unspecified atom stereocenters. The van der Waals surface area contributed by atoms with Gasteiger partial charge in [0.05, 0.1) is 3.74 Å². The van der Waals surface area contributed by atoms with E-state index in [1.807, 2.05) is 41.5 Å². The highest BCUT2D eigenvalue weighted by Gasteiger charge is 2.51. The minimum absolute atomic E-state index is 0.0790. The summed E-state index contributed by atoms with van der Waals surface area (Å²) in [5.74, 6) is 0. The Morgan fingerprint density at radius 3 is 1.11 bits per heavy atom. The van der Waals surface area contributed by atoms with E-state index >= 15 is 0 Å². The van der Waals surface area contributed by atoms with E-state index in [0.717, 1.165) is 0 Å². The van der Waals surface area contributed by atoms with Crippen LogP contribution < -0.4 is 0 Å². The fourth-order valence-electron chi connectivity index (χ4n) is 1.55. The van der Waals surface area contributed by atoms with Crippen molar-refractivity contribution in [1.82, 2.24) is 0 Å². The summed E-state index contributed by atoms with van der Waals surface area (Å²) in [4.78, 5) is 0. The van der Waals surface area contributed by atoms with Gasteiger partial charge in [-0.1, -0.05) is 38.8 Å². The fourth-order valence-corrected chi connectivity index (χ4v) is 6.58. The van der Waals surface area contributed by atoms with Crippen LogP contribution in [0.5, 0.6) is 0 Å². The second kappa shape index (κ2) is 8.37. The molecule has 0 spiro atoms. The van der Waals surface area contributed by atoms with E-state index in [4.69, 9.17) is 13.3 Å². The van der Waals surface area contributed by atoms with Crippen molar-refractivity contribution in [3.05, 3.63) is 0 Å². The Labute approximate surface area is 130 Å². The Hall–Kier alpha value is 1.06. The van der Waals surface area contributed by atoms with E-state index in [1.54, 1.807) is 0 Å². The van der Waals surface area contributed by atoms with Crippen LogP contribution in [-0.2, 0) is 13.3 Å². The van der Waals surface area contributed by atoms with E-state index in [9.17, 15) is 0 Å². The standard InChI is InChI=1S/C12H26Br2O3Si/c1-8(2)15-18(16-9(3)4,17-10(5)6)11(7)12(13)14/h8-12H,1-7H3. The van der Waals surface area contributed by atoms with Crippen molar-refractivity contribution in [3.8, 4) is 0 Å². The van der Waals surface area contributed by atoms with Crippen LogP contribution in [0.2, 0.25) is 5.54 Å². The fraction of sp³-hybridized carbons (Fsp3) is 1.00. The van der Waals surface area contributed by atoms with Gasteiger partial charge in [0, 0.05) is 23.9 Å². The maximum atomic E-state index is 6.12. The van der Waals surface area contributed by atoms with Crippen molar-refractivity contribution >= 4 is 40.7 Å². The van der Waals surface area contributed by atoms with Crippen LogP contribution in [0.15, 0.2) is 0 Å². The molecule has 1 atom stereocenters. The van der Waals surface area contributed by atoms with Crippen molar-refractivity contribution in [2.24, 2.45) is 0 Å². The van der Waals surface area contributed by atoms with Gasteiger partial charge < -0.3 is 13.3 Å². The summed E-state index contributed by atoms with van der Waals surface area (Å²) >= 11 is 7.11. The summed E-state index contributed by atoms with van der Waals surface area (Å²) in [7, 11) is -2.74. The van der Waals surface area contributed by atoms with E-state index in [0.29, 0.717) is 0 Å². The topological polar surface area (TPSA) is 27.7 Å². The maximum absolute atomic E-state index is 6.12. The molecule has 0 aromatic heterocycles. The molecule has 6 heteroatoms. The average Bonchev–Trinajstić information content (AvgIpc) is 2.12. The van der Waals surface area contributed by atoms with E-state index < -0.39 is 8.80 Å². The number of rotatable bonds is 8. The molecule has 0 amide bonds. The summed E-state index contributed by atoms with van der Waals surface area (Å²) < 4.78 is 18.5. The highest BCUT2D eigenvalue weighted by Crippen LogP contribution is 2.37. The van der Waals surface area contributed by atoms with E-state index in [-0.39, 0.29) is 27.6 Å². The first-order valence-corrected chi connectivity index (χ1v) is 10.1. The lowest BCUT2D eigenvalue weighted by atomic mass is 10.5. The minimum atomic E-state index is -2.74. The molecule has 0 N–H and O–H groups in total. The lowest BCUT2D eigenvalue weighted by Gasteiger charge is -2.39. The van der Waals surface area contributed by atoms with Crippen molar-refractivity contribution in [2.75, 3.05) is 0 Å². The molecule has 0 aromatic rings. The predicted octanol–water partition coefficient (Wildman–Crippen LogP) is 4.71. The second-order valence-corrected chi connectivity index (χ2v) is 11.3. The molecule has 0 aliphatic heterocycles. The third kappa shape index (κ3) is 6.48. The van der Waals surface area contributed by atoms with Crippen LogP contribution in [0.3, 0.4) is 0 Å². The van der Waals surface area contributed by atoms with Crippen LogP contribution in [0.25, 0.3) is 0 Å². The van der Waals surface area contributed by atoms with Gasteiger partial charge >= 0.3 is 8.80 Å². The number of halogens is 2. The molecule has 0 fully saturated rings. The van der Waals surface area contributed by atoms with Gasteiger partial charge in [-0.15, -0.1) is 0 Å². The summed E-state index contributed by atoms with van der Waals surface area (Å²) in [6.45, 7) is 14.2. The molecule has 0 aliphatic rings. The lowest BCUT2D eigenvalue weighted by molar-refractivity contribution is -0.00250. The second-order valence-electron chi connectivity index (χ2n) is 5.23. The van der Waals surface area contributed by atoms with Gasteiger partial charge in [0.25, 0.3) is 0 Å². The third-order valence-corrected chi connectivity index (χ3v) is 8.55. The first-order chi connectivity index (χ1) is 8.10. The molecule has 0 rings (SSSR count). The van der Waals surface area contributed by atoms with Crippen LogP contribution in [0.4, 0.5) is 0 Å². The molecule has 0 radical (unpaired) electrons. The molecule has 0 aromatic carbocycles. The van der Waals surface area contributed by atoms with Crippen molar-refractivity contribution in [3.63, 3.8) is 0 Å². The highest BCUT2D eigenvalue weighted by atomic mass is 79.9. The lowest BCUT2D eigenvalue weighted by Crippen LogP contribution is -2.55. The number of hydrogen-bond acceptors (Lipinski definition) is 3. The summed E-state index contributed by atoms with van der Waals surface area (Å²) in [6, 6.07) is 0. The van der Waals surface area contributed by atoms with Crippen LogP contribution >= 0.6 is 31.9 Å². The first-order valence-electron chi connectivity index (χ1n) is 6.42. The zero-order chi connectivity index (χ0) is 14.5. The Balaban J connectivity index is 5.23. The molecule has 0 aliphatic carbocycles. The third-order valence-electron chi connectivity index (χ3n) is 2.14. The van der Waals surface area contributed by atoms with Crippen molar-refractivity contribution in [2.45, 2.75) is 76.1 Å². The minimum Gasteiger partial charge on any atom is -0.371 e. The molecule has 110 valence electrons. The van der Waals surface area contributed by atoms with E-state index in [1.165, 1.54) is 0 Å². The monoisotopic (exact) mass is 404 g/mol. The maximum Gasteiger partial charge on any atom is 0.506 e. The normalized spacial score (nSPS) is 15.2. The molecule has 3 nitrogen and oxygen atoms in total. The van der Waals surface area contributed by atoms with Gasteiger partial charge in [0.2, 0.25) is 0 Å². The zero-order valence-corrected chi connectivity index (χ0v) is 16.5. The van der Waals surface area contributed by atoms with Gasteiger partial charge in [-0.2, -0.15) is 0 Å². The number of hydrogen-bond donors (Lipinski definition) is 0. The van der Waals surface area contributed by atoms with Gasteiger partial charge in [-0.3, -0.25) is 0 Å². The van der Waals surface area contributed by atoms with Gasteiger partial charge in [0.15, 0.2) is 0 Å². The summed E-state index contributed by atoms with van der Waals surface area (Å²) in [5, 5.41) is 0. The van der Waals surface area contributed by atoms with Gasteiger partial charge in [-0.05, 0) is 41.5 Å². The molecular formula is C12H26Br2O3Si. The average molecular weight is 406 g/mol. The Bertz CT molecular complexity index is 209. The molecule has 18 heavy (non-hydrogen) atoms. The molecule has 0 bridgehead atoms. The predicted molar refractivity (Wildman–Crippen MR) is 85.5 cm³/mol. The molecule has 0 saturated heterocycles. The first kappa shape index (κ1) is 19.1. The molecular weight excluding hydrogens is 380 g/mol. The Morgan fingerprint density at radius 1 is 0.667 bits per heavy atom. The van der Waals surface area contributed by atoms with Gasteiger partial charge in [0.1, 0.15) is 0 Å². The zero-order valence-electron chi connectivity index (χ0n) is 12.4. The van der Waals surface area contributed by atoms with Gasteiger partial charge in [-0.25, -0.2) is 0 Å². The smallest absolute Gasteiger partial charge is 0.371 e. The number of alkyl halides is 2. The molecule has 0 heterocycles. The Morgan fingerprint density at radius 2 is 0.944 bits per heavy atom.